The number of benzene rings is 2. The number of piperidine rings is 1. The Morgan fingerprint density at radius 2 is 1.79 bits per heavy atom. The summed E-state index contributed by atoms with van der Waals surface area (Å²) >= 11 is 0. The molecule has 1 N–H and O–H groups in total. The molecule has 1 fully saturated rings. The number of hydrogen-bond donors (Lipinski definition) is 1. The average molecular weight is 527 g/mol. The number of halogens is 3. The van der Waals surface area contributed by atoms with E-state index in [9.17, 15) is 27.6 Å². The van der Waals surface area contributed by atoms with Crippen molar-refractivity contribution in [3.8, 4) is 22.8 Å². The minimum atomic E-state index is -5.22. The van der Waals surface area contributed by atoms with Gasteiger partial charge in [-0.25, -0.2) is 4.79 Å². The number of aromatic nitrogens is 2. The molecule has 38 heavy (non-hydrogen) atoms. The number of esters is 1. The highest BCUT2D eigenvalue weighted by atomic mass is 19.4. The lowest BCUT2D eigenvalue weighted by Gasteiger charge is -2.44. The van der Waals surface area contributed by atoms with Gasteiger partial charge < -0.3 is 14.4 Å². The quantitative estimate of drug-likeness (QED) is 0.388. The molecule has 1 aromatic heterocycles. The largest absolute Gasteiger partial charge is 0.491 e. The van der Waals surface area contributed by atoms with Gasteiger partial charge >= 0.3 is 12.1 Å². The number of nitrogens with one attached hydrogen (secondary N) is 1. The lowest BCUT2D eigenvalue weighted by atomic mass is 9.81. The molecule has 2 aliphatic heterocycles. The number of nitrogens with zero attached hydrogens (tertiary/aromatic N) is 2. The first-order valence-electron chi connectivity index (χ1n) is 12.0. The molecule has 11 heteroatoms. The SMILES string of the molecule is Cc1cc2c(cc1C)C(=O)CC1(CCN(C(=O)c3cc(-c4ccn[nH]4)ccc3OC(=O)C(F)(F)F)CC1)O2. The summed E-state index contributed by atoms with van der Waals surface area (Å²) in [6.07, 6.45) is -2.85. The van der Waals surface area contributed by atoms with Crippen LogP contribution in [-0.4, -0.2) is 57.6 Å². The molecule has 0 bridgehead atoms. The molecule has 8 nitrogen and oxygen atoms in total. The van der Waals surface area contributed by atoms with Crippen molar-refractivity contribution in [2.24, 2.45) is 0 Å². The van der Waals surface area contributed by atoms with Gasteiger partial charge in [0.2, 0.25) is 0 Å². The van der Waals surface area contributed by atoms with E-state index in [0.29, 0.717) is 35.4 Å². The van der Waals surface area contributed by atoms with E-state index in [2.05, 4.69) is 14.9 Å². The number of fused-ring (bicyclic) bond motifs is 1. The normalized spacial score (nSPS) is 16.7. The lowest BCUT2D eigenvalue weighted by molar-refractivity contribution is -0.189. The fraction of sp³-hybridized carbons (Fsp3) is 0.333. The van der Waals surface area contributed by atoms with Gasteiger partial charge in [0.1, 0.15) is 17.1 Å². The first-order valence-corrected chi connectivity index (χ1v) is 12.0. The second kappa shape index (κ2) is 9.30. The Bertz CT molecular complexity index is 1420. The molecule has 2 aliphatic rings. The average Bonchev–Trinajstić information content (AvgIpc) is 3.40. The Kier molecular flexibility index (Phi) is 6.24. The highest BCUT2D eigenvalue weighted by Crippen LogP contribution is 2.41. The number of Topliss-reactive ketones (excluding diaryl/α,β-unsaturated/α-hetero) is 1. The Hall–Kier alpha value is -4.15. The topological polar surface area (TPSA) is 102 Å². The number of H-pyrrole nitrogens is 1. The van der Waals surface area contributed by atoms with Crippen LogP contribution in [0.2, 0.25) is 0 Å². The maximum Gasteiger partial charge on any atom is 0.491 e. The van der Waals surface area contributed by atoms with Crippen molar-refractivity contribution in [1.82, 2.24) is 15.1 Å². The second-order valence-corrected chi connectivity index (χ2v) is 9.68. The molecule has 198 valence electrons. The lowest BCUT2D eigenvalue weighted by Crippen LogP contribution is -2.52. The van der Waals surface area contributed by atoms with Crippen LogP contribution in [0, 0.1) is 13.8 Å². The molecule has 0 radical (unpaired) electrons. The fourth-order valence-electron chi connectivity index (χ4n) is 4.84. The fourth-order valence-corrected chi connectivity index (χ4v) is 4.84. The molecule has 3 heterocycles. The molecule has 5 rings (SSSR count). The number of carbonyl (C=O) groups excluding carboxylic acids is 3. The van der Waals surface area contributed by atoms with Gasteiger partial charge in [-0.1, -0.05) is 0 Å². The van der Waals surface area contributed by atoms with Gasteiger partial charge in [0, 0.05) is 37.7 Å². The second-order valence-electron chi connectivity index (χ2n) is 9.68. The first-order chi connectivity index (χ1) is 18.0. The van der Waals surface area contributed by atoms with E-state index in [1.54, 1.807) is 6.07 Å². The summed E-state index contributed by atoms with van der Waals surface area (Å²) in [6, 6.07) is 9.26. The van der Waals surface area contributed by atoms with Crippen molar-refractivity contribution in [2.45, 2.75) is 44.9 Å². The van der Waals surface area contributed by atoms with E-state index in [1.807, 2.05) is 26.0 Å². The van der Waals surface area contributed by atoms with E-state index in [4.69, 9.17) is 4.74 Å². The van der Waals surface area contributed by atoms with E-state index in [0.717, 1.165) is 17.2 Å². The predicted molar refractivity (Wildman–Crippen MR) is 129 cm³/mol. The molecule has 0 unspecified atom stereocenters. The van der Waals surface area contributed by atoms with Gasteiger partial charge in [-0.3, -0.25) is 14.7 Å². The number of carbonyl (C=O) groups is 3. The standard InChI is InChI=1S/C27H24F3N3O5/c1-15-11-18-21(34)14-26(38-23(18)12-16(15)2)6-9-33(10-7-26)24(35)19-13-17(20-5-8-31-32-20)3-4-22(19)37-25(36)27(28,29)30/h3-5,8,11-13H,6-7,9-10,14H2,1-2H3,(H,31,32). The van der Waals surface area contributed by atoms with Crippen molar-refractivity contribution in [3.05, 3.63) is 64.8 Å². The van der Waals surface area contributed by atoms with Crippen LogP contribution in [0.5, 0.6) is 11.5 Å². The van der Waals surface area contributed by atoms with Crippen LogP contribution in [0.3, 0.4) is 0 Å². The molecule has 2 aromatic carbocycles. The summed E-state index contributed by atoms with van der Waals surface area (Å²) in [5.74, 6) is -3.01. The number of amides is 1. The summed E-state index contributed by atoms with van der Waals surface area (Å²) in [4.78, 5) is 39.4. The third-order valence-electron chi connectivity index (χ3n) is 7.12. The maximum atomic E-state index is 13.5. The van der Waals surface area contributed by atoms with Gasteiger partial charge in [-0.05, 0) is 61.4 Å². The molecule has 1 spiro atoms. The highest BCUT2D eigenvalue weighted by Gasteiger charge is 2.45. The van der Waals surface area contributed by atoms with Crippen molar-refractivity contribution >= 4 is 17.7 Å². The molecule has 0 aliphatic carbocycles. The Balaban J connectivity index is 1.38. The van der Waals surface area contributed by atoms with Gasteiger partial charge in [0.25, 0.3) is 5.91 Å². The van der Waals surface area contributed by atoms with E-state index < -0.39 is 29.4 Å². The molecular weight excluding hydrogens is 503 g/mol. The summed E-state index contributed by atoms with van der Waals surface area (Å²) < 4.78 is 49.6. The number of rotatable bonds is 3. The van der Waals surface area contributed by atoms with Crippen LogP contribution in [0.1, 0.15) is 51.1 Å². The molecule has 0 atom stereocenters. The molecule has 1 saturated heterocycles. The van der Waals surface area contributed by atoms with Crippen LogP contribution in [0.15, 0.2) is 42.6 Å². The highest BCUT2D eigenvalue weighted by molar-refractivity contribution is 6.01. The zero-order valence-corrected chi connectivity index (χ0v) is 20.6. The van der Waals surface area contributed by atoms with Crippen molar-refractivity contribution in [2.75, 3.05) is 13.1 Å². The van der Waals surface area contributed by atoms with Crippen LogP contribution >= 0.6 is 0 Å². The third-order valence-corrected chi connectivity index (χ3v) is 7.12. The Morgan fingerprint density at radius 1 is 1.08 bits per heavy atom. The number of ketones is 1. The monoisotopic (exact) mass is 527 g/mol. The summed E-state index contributed by atoms with van der Waals surface area (Å²) in [6.45, 7) is 4.27. The van der Waals surface area contributed by atoms with Crippen molar-refractivity contribution in [3.63, 3.8) is 0 Å². The van der Waals surface area contributed by atoms with Gasteiger partial charge in [0.15, 0.2) is 5.78 Å². The third kappa shape index (κ3) is 4.75. The number of aryl methyl sites for hydroxylation is 2. The maximum absolute atomic E-state index is 13.5. The van der Waals surface area contributed by atoms with Crippen LogP contribution in [0.25, 0.3) is 11.3 Å². The van der Waals surface area contributed by atoms with Gasteiger partial charge in [-0.15, -0.1) is 0 Å². The number of likely N-dealkylation sites (tertiary alicyclic amines) is 1. The van der Waals surface area contributed by atoms with Gasteiger partial charge in [0.05, 0.1) is 23.2 Å². The molecule has 3 aromatic rings. The van der Waals surface area contributed by atoms with Crippen molar-refractivity contribution in [1.29, 1.82) is 0 Å². The van der Waals surface area contributed by atoms with E-state index in [-0.39, 0.29) is 30.9 Å². The van der Waals surface area contributed by atoms with Crippen molar-refractivity contribution < 1.29 is 37.0 Å². The minimum Gasteiger partial charge on any atom is -0.486 e. The Labute approximate surface area is 215 Å². The summed E-state index contributed by atoms with van der Waals surface area (Å²) in [5, 5.41) is 6.58. The number of hydrogen-bond acceptors (Lipinski definition) is 6. The summed E-state index contributed by atoms with van der Waals surface area (Å²) in [5.41, 5.74) is 2.59. The molecular formula is C27H24F3N3O5. The number of aromatic amines is 1. The minimum absolute atomic E-state index is 0.0252. The smallest absolute Gasteiger partial charge is 0.486 e. The number of ether oxygens (including phenoxy) is 2. The number of alkyl halides is 3. The Morgan fingerprint density at radius 3 is 2.45 bits per heavy atom. The first kappa shape index (κ1) is 25.5. The van der Waals surface area contributed by atoms with Crippen LogP contribution < -0.4 is 9.47 Å². The summed E-state index contributed by atoms with van der Waals surface area (Å²) in [7, 11) is 0. The zero-order chi connectivity index (χ0) is 27.2. The van der Waals surface area contributed by atoms with Gasteiger partial charge in [-0.2, -0.15) is 18.3 Å². The molecule has 1 amide bonds. The zero-order valence-electron chi connectivity index (χ0n) is 20.6. The predicted octanol–water partition coefficient (Wildman–Crippen LogP) is 4.80. The van der Waals surface area contributed by atoms with Crippen LogP contribution in [0.4, 0.5) is 13.2 Å². The van der Waals surface area contributed by atoms with E-state index in [1.165, 1.54) is 23.2 Å². The van der Waals surface area contributed by atoms with E-state index >= 15 is 0 Å². The molecule has 0 saturated carbocycles. The van der Waals surface area contributed by atoms with Crippen LogP contribution in [-0.2, 0) is 4.79 Å².